The first-order valence-corrected chi connectivity index (χ1v) is 8.75. The zero-order valence-electron chi connectivity index (χ0n) is 16.0. The van der Waals surface area contributed by atoms with Crippen molar-refractivity contribution in [3.8, 4) is 0 Å². The minimum atomic E-state index is -1.31. The van der Waals surface area contributed by atoms with E-state index in [0.29, 0.717) is 13.2 Å². The Morgan fingerprint density at radius 2 is 1.62 bits per heavy atom. The number of esters is 2. The van der Waals surface area contributed by atoms with Crippen LogP contribution in [0.4, 0.5) is 0 Å². The summed E-state index contributed by atoms with van der Waals surface area (Å²) < 4.78 is 21.6. The van der Waals surface area contributed by atoms with Gasteiger partial charge in [-0.1, -0.05) is 26.0 Å². The van der Waals surface area contributed by atoms with E-state index >= 15 is 0 Å². The van der Waals surface area contributed by atoms with Crippen LogP contribution >= 0.6 is 0 Å². The van der Waals surface area contributed by atoms with E-state index in [1.165, 1.54) is 14.2 Å². The Morgan fingerprint density at radius 1 is 1.04 bits per heavy atom. The fraction of sp³-hybridized carbons (Fsp3) is 0.579. The van der Waals surface area contributed by atoms with Crippen LogP contribution in [-0.2, 0) is 41.2 Å². The summed E-state index contributed by atoms with van der Waals surface area (Å²) in [6.45, 7) is 7.40. The van der Waals surface area contributed by atoms with Gasteiger partial charge < -0.3 is 18.8 Å². The van der Waals surface area contributed by atoms with E-state index in [1.807, 2.05) is 19.1 Å². The summed E-state index contributed by atoms with van der Waals surface area (Å²) in [4.78, 5) is 24.8. The molecule has 1 saturated heterocycles. The number of carbonyl (C=O) groups is 2. The Bertz CT molecular complexity index is 716. The molecule has 1 heterocycles. The Labute approximate surface area is 154 Å². The van der Waals surface area contributed by atoms with Gasteiger partial charge in [0.25, 0.3) is 0 Å². The molecule has 140 valence electrons. The lowest BCUT2D eigenvalue weighted by molar-refractivity contribution is -0.168. The number of methoxy groups -OCH3 is 2. The molecule has 1 fully saturated rings. The molecule has 3 rings (SSSR count). The van der Waals surface area contributed by atoms with E-state index in [2.05, 4.69) is 13.8 Å². The molecule has 0 bridgehead atoms. The number of ether oxygens (including phenoxy) is 2. The molecule has 0 saturated carbocycles. The summed E-state index contributed by atoms with van der Waals surface area (Å²) >= 11 is 0. The molecule has 6 nitrogen and oxygen atoms in total. The van der Waals surface area contributed by atoms with Crippen LogP contribution in [0.2, 0.25) is 0 Å². The van der Waals surface area contributed by atoms with Gasteiger partial charge in [-0.15, -0.1) is 0 Å². The third kappa shape index (κ3) is 3.03. The first-order chi connectivity index (χ1) is 12.2. The third-order valence-corrected chi connectivity index (χ3v) is 5.37. The van der Waals surface area contributed by atoms with Crippen LogP contribution in [0.25, 0.3) is 0 Å². The Morgan fingerprint density at radius 3 is 2.15 bits per heavy atom. The molecule has 1 aromatic rings. The normalized spacial score (nSPS) is 20.4. The molecule has 0 atom stereocenters. The van der Waals surface area contributed by atoms with Crippen LogP contribution in [0, 0.1) is 17.8 Å². The molecule has 0 aromatic heterocycles. The molecule has 0 amide bonds. The number of carbonyl (C=O) groups excluding carboxylic acids is 2. The molecular formula is C19H25BO6. The molecule has 1 aliphatic heterocycles. The fourth-order valence-corrected chi connectivity index (χ4v) is 3.82. The standard InChI is InChI=1S/C19H25BO6/c1-12-14-9-19(16(21)23-4,17(22)24-5)8-13(14)6-7-15(12)20-25-10-18(2,3)11-26-20/h6-7H,8-11H2,1-5H3. The highest BCUT2D eigenvalue weighted by Gasteiger charge is 2.53. The molecule has 1 aromatic carbocycles. The average Bonchev–Trinajstić information content (AvgIpc) is 3.03. The zero-order valence-corrected chi connectivity index (χ0v) is 16.0. The lowest BCUT2D eigenvalue weighted by Gasteiger charge is -2.33. The van der Waals surface area contributed by atoms with Crippen molar-refractivity contribution in [3.63, 3.8) is 0 Å². The van der Waals surface area contributed by atoms with Crippen LogP contribution in [-0.4, -0.2) is 46.5 Å². The lowest BCUT2D eigenvalue weighted by atomic mass is 9.72. The van der Waals surface area contributed by atoms with Gasteiger partial charge in [0, 0.05) is 25.0 Å². The topological polar surface area (TPSA) is 71.1 Å². The van der Waals surface area contributed by atoms with Crippen LogP contribution in [0.5, 0.6) is 0 Å². The van der Waals surface area contributed by atoms with Crippen LogP contribution in [0.3, 0.4) is 0 Å². The van der Waals surface area contributed by atoms with Crippen molar-refractivity contribution in [1.82, 2.24) is 0 Å². The second-order valence-electron chi connectivity index (χ2n) is 7.95. The third-order valence-electron chi connectivity index (χ3n) is 5.37. The summed E-state index contributed by atoms with van der Waals surface area (Å²) in [5, 5.41) is 0. The van der Waals surface area contributed by atoms with Crippen molar-refractivity contribution in [2.75, 3.05) is 27.4 Å². The summed E-state index contributed by atoms with van der Waals surface area (Å²) in [5.41, 5.74) is 2.53. The average molecular weight is 360 g/mol. The van der Waals surface area contributed by atoms with E-state index < -0.39 is 24.5 Å². The second kappa shape index (κ2) is 6.70. The van der Waals surface area contributed by atoms with Gasteiger partial charge in [0.05, 0.1) is 14.2 Å². The first kappa shape index (κ1) is 18.9. The summed E-state index contributed by atoms with van der Waals surface area (Å²) in [6, 6.07) is 3.90. The second-order valence-corrected chi connectivity index (χ2v) is 7.95. The van der Waals surface area contributed by atoms with Gasteiger partial charge in [-0.05, 0) is 35.5 Å². The van der Waals surface area contributed by atoms with Gasteiger partial charge in [0.1, 0.15) is 0 Å². The maximum absolute atomic E-state index is 12.4. The molecular weight excluding hydrogens is 335 g/mol. The Kier molecular flexibility index (Phi) is 4.88. The summed E-state index contributed by atoms with van der Waals surface area (Å²) in [7, 11) is 2.15. The molecule has 26 heavy (non-hydrogen) atoms. The van der Waals surface area contributed by atoms with Crippen molar-refractivity contribution in [2.24, 2.45) is 10.8 Å². The minimum absolute atomic E-state index is 0.00788. The number of hydrogen-bond donors (Lipinski definition) is 0. The van der Waals surface area contributed by atoms with Gasteiger partial charge in [-0.2, -0.15) is 0 Å². The van der Waals surface area contributed by atoms with Gasteiger partial charge in [0.15, 0.2) is 5.41 Å². The van der Waals surface area contributed by atoms with Crippen molar-refractivity contribution >= 4 is 24.5 Å². The van der Waals surface area contributed by atoms with Gasteiger partial charge in [-0.25, -0.2) is 0 Å². The maximum atomic E-state index is 12.4. The monoisotopic (exact) mass is 360 g/mol. The molecule has 2 aliphatic rings. The highest BCUT2D eigenvalue weighted by Crippen LogP contribution is 2.40. The Balaban J connectivity index is 1.93. The zero-order chi connectivity index (χ0) is 19.1. The smallest absolute Gasteiger partial charge is 0.468 e. The number of fused-ring (bicyclic) bond motifs is 1. The molecule has 0 unspecified atom stereocenters. The van der Waals surface area contributed by atoms with E-state index in [-0.39, 0.29) is 18.3 Å². The highest BCUT2D eigenvalue weighted by atomic mass is 16.6. The number of benzene rings is 1. The molecule has 0 radical (unpaired) electrons. The fourth-order valence-electron chi connectivity index (χ4n) is 3.82. The van der Waals surface area contributed by atoms with Crippen LogP contribution in [0.1, 0.15) is 30.5 Å². The largest absolute Gasteiger partial charge is 0.494 e. The molecule has 0 N–H and O–H groups in total. The summed E-state index contributed by atoms with van der Waals surface area (Å²) in [5.74, 6) is -1.12. The van der Waals surface area contributed by atoms with E-state index in [0.717, 1.165) is 22.2 Å². The predicted molar refractivity (Wildman–Crippen MR) is 96.1 cm³/mol. The number of rotatable bonds is 3. The quantitative estimate of drug-likeness (QED) is 0.458. The SMILES string of the molecule is COC(=O)C1(C(=O)OC)Cc2ccc(B3OCC(C)(C)CO3)c(C)c2C1. The van der Waals surface area contributed by atoms with E-state index in [4.69, 9.17) is 18.8 Å². The first-order valence-electron chi connectivity index (χ1n) is 8.75. The van der Waals surface area contributed by atoms with Crippen molar-refractivity contribution in [1.29, 1.82) is 0 Å². The van der Waals surface area contributed by atoms with E-state index in [1.54, 1.807) is 0 Å². The van der Waals surface area contributed by atoms with Crippen LogP contribution in [0.15, 0.2) is 12.1 Å². The van der Waals surface area contributed by atoms with Crippen molar-refractivity contribution in [3.05, 3.63) is 28.8 Å². The van der Waals surface area contributed by atoms with Gasteiger partial charge in [0.2, 0.25) is 0 Å². The predicted octanol–water partition coefficient (Wildman–Crippen LogP) is 1.19. The molecule has 7 heteroatoms. The van der Waals surface area contributed by atoms with Crippen molar-refractivity contribution in [2.45, 2.75) is 33.6 Å². The maximum Gasteiger partial charge on any atom is 0.494 e. The van der Waals surface area contributed by atoms with Crippen LogP contribution < -0.4 is 5.46 Å². The number of hydrogen-bond acceptors (Lipinski definition) is 6. The lowest BCUT2D eigenvalue weighted by Crippen LogP contribution is -2.48. The minimum Gasteiger partial charge on any atom is -0.468 e. The van der Waals surface area contributed by atoms with E-state index in [9.17, 15) is 9.59 Å². The van der Waals surface area contributed by atoms with Gasteiger partial charge >= 0.3 is 19.1 Å². The Hall–Kier alpha value is -1.86. The summed E-state index contributed by atoms with van der Waals surface area (Å²) in [6.07, 6.45) is 0.543. The van der Waals surface area contributed by atoms with Crippen molar-refractivity contribution < 1.29 is 28.4 Å². The van der Waals surface area contributed by atoms with Gasteiger partial charge in [-0.3, -0.25) is 9.59 Å². The highest BCUT2D eigenvalue weighted by molar-refractivity contribution is 6.62. The molecule has 1 aliphatic carbocycles. The molecule has 0 spiro atoms.